The van der Waals surface area contributed by atoms with E-state index in [9.17, 15) is 0 Å². The third-order valence-electron chi connectivity index (χ3n) is 2.98. The van der Waals surface area contributed by atoms with E-state index in [4.69, 9.17) is 17.0 Å². The zero-order valence-electron chi connectivity index (χ0n) is 12.0. The van der Waals surface area contributed by atoms with Crippen molar-refractivity contribution in [3.8, 4) is 5.75 Å². The molecule has 0 bridgehead atoms. The first-order chi connectivity index (χ1) is 10.2. The molecule has 0 aliphatic heterocycles. The first-order valence-corrected chi connectivity index (χ1v) is 7.90. The fourth-order valence-corrected chi connectivity index (χ4v) is 2.44. The molecule has 0 atom stereocenters. The Morgan fingerprint density at radius 1 is 1.52 bits per heavy atom. The molecule has 2 aromatic rings. The molecule has 21 heavy (non-hydrogen) atoms. The number of unbranched alkanes of at least 4 members (excludes halogenated alkanes) is 1. The zero-order valence-corrected chi connectivity index (χ0v) is 14.4. The minimum atomic E-state index is 0.492. The van der Waals surface area contributed by atoms with Gasteiger partial charge in [0.05, 0.1) is 13.3 Å². The molecule has 0 saturated heterocycles. The summed E-state index contributed by atoms with van der Waals surface area (Å²) in [6.07, 6.45) is 4.72. The van der Waals surface area contributed by atoms with Crippen molar-refractivity contribution in [2.45, 2.75) is 26.2 Å². The van der Waals surface area contributed by atoms with E-state index in [0.29, 0.717) is 4.77 Å². The number of H-pyrrole nitrogens is 1. The maximum absolute atomic E-state index is 5.32. The van der Waals surface area contributed by atoms with Gasteiger partial charge in [-0.2, -0.15) is 14.9 Å². The van der Waals surface area contributed by atoms with Crippen LogP contribution in [-0.2, 0) is 6.42 Å². The third-order valence-corrected chi connectivity index (χ3v) is 3.73. The van der Waals surface area contributed by atoms with Gasteiger partial charge in [0.25, 0.3) is 0 Å². The first kappa shape index (κ1) is 15.9. The quantitative estimate of drug-likeness (QED) is 0.620. The van der Waals surface area contributed by atoms with E-state index in [1.807, 2.05) is 18.2 Å². The highest BCUT2D eigenvalue weighted by molar-refractivity contribution is 9.10. The lowest BCUT2D eigenvalue weighted by molar-refractivity contribution is 0.414. The molecule has 0 saturated carbocycles. The van der Waals surface area contributed by atoms with Gasteiger partial charge in [-0.3, -0.25) is 5.10 Å². The lowest BCUT2D eigenvalue weighted by Crippen LogP contribution is -2.00. The molecule has 5 nitrogen and oxygen atoms in total. The first-order valence-electron chi connectivity index (χ1n) is 6.70. The SMILES string of the molecule is CCCCc1n[nH]c(=S)n1/N=C\c1cc(Br)ccc1OC. The molecular weight excluding hydrogens is 352 g/mol. The maximum Gasteiger partial charge on any atom is 0.216 e. The van der Waals surface area contributed by atoms with Crippen molar-refractivity contribution in [1.29, 1.82) is 0 Å². The topological polar surface area (TPSA) is 55.2 Å². The number of ether oxygens (including phenoxy) is 1. The Balaban J connectivity index is 2.31. The van der Waals surface area contributed by atoms with Crippen molar-refractivity contribution in [2.75, 3.05) is 7.11 Å². The van der Waals surface area contributed by atoms with Gasteiger partial charge in [0, 0.05) is 16.5 Å². The average molecular weight is 369 g/mol. The van der Waals surface area contributed by atoms with Crippen LogP contribution in [0.4, 0.5) is 0 Å². The van der Waals surface area contributed by atoms with Gasteiger partial charge < -0.3 is 4.74 Å². The fraction of sp³-hybridized carbons (Fsp3) is 0.357. The molecule has 0 fully saturated rings. The smallest absolute Gasteiger partial charge is 0.216 e. The van der Waals surface area contributed by atoms with Crippen molar-refractivity contribution in [2.24, 2.45) is 5.10 Å². The van der Waals surface area contributed by atoms with E-state index in [2.05, 4.69) is 38.2 Å². The van der Waals surface area contributed by atoms with E-state index < -0.39 is 0 Å². The highest BCUT2D eigenvalue weighted by Gasteiger charge is 2.05. The molecule has 1 heterocycles. The minimum Gasteiger partial charge on any atom is -0.496 e. The molecule has 1 aromatic heterocycles. The molecule has 0 spiro atoms. The highest BCUT2D eigenvalue weighted by atomic mass is 79.9. The Morgan fingerprint density at radius 2 is 2.33 bits per heavy atom. The van der Waals surface area contributed by atoms with Gasteiger partial charge in [-0.25, -0.2) is 0 Å². The Labute approximate surface area is 137 Å². The van der Waals surface area contributed by atoms with Gasteiger partial charge in [0.2, 0.25) is 4.77 Å². The van der Waals surface area contributed by atoms with Crippen LogP contribution in [0.15, 0.2) is 27.8 Å². The predicted octanol–water partition coefficient (Wildman–Crippen LogP) is 3.94. The van der Waals surface area contributed by atoms with Crippen molar-refractivity contribution >= 4 is 34.4 Å². The van der Waals surface area contributed by atoms with Crippen LogP contribution in [0.25, 0.3) is 0 Å². The summed E-state index contributed by atoms with van der Waals surface area (Å²) in [5.41, 5.74) is 0.872. The summed E-state index contributed by atoms with van der Waals surface area (Å²) in [4.78, 5) is 0. The van der Waals surface area contributed by atoms with E-state index in [1.54, 1.807) is 18.0 Å². The molecule has 7 heteroatoms. The summed E-state index contributed by atoms with van der Waals surface area (Å²) >= 11 is 8.66. The number of aromatic amines is 1. The van der Waals surface area contributed by atoms with Crippen molar-refractivity contribution in [3.63, 3.8) is 0 Å². The summed E-state index contributed by atoms with van der Waals surface area (Å²) in [6.45, 7) is 2.14. The molecule has 112 valence electrons. The van der Waals surface area contributed by atoms with Crippen LogP contribution in [0.1, 0.15) is 31.2 Å². The lowest BCUT2D eigenvalue weighted by Gasteiger charge is -2.05. The molecule has 0 aliphatic carbocycles. The van der Waals surface area contributed by atoms with Gasteiger partial charge in [-0.15, -0.1) is 0 Å². The summed E-state index contributed by atoms with van der Waals surface area (Å²) < 4.78 is 8.44. The Kier molecular flexibility index (Phi) is 5.69. The number of rotatable bonds is 6. The highest BCUT2D eigenvalue weighted by Crippen LogP contribution is 2.21. The molecule has 0 aliphatic rings. The molecule has 1 N–H and O–H groups in total. The van der Waals surface area contributed by atoms with E-state index in [0.717, 1.165) is 40.9 Å². The average Bonchev–Trinajstić information content (AvgIpc) is 2.83. The number of nitrogens with zero attached hydrogens (tertiary/aromatic N) is 3. The number of hydrogen-bond donors (Lipinski definition) is 1. The molecule has 0 unspecified atom stereocenters. The molecular formula is C14H17BrN4OS. The van der Waals surface area contributed by atoms with Crippen molar-refractivity contribution in [3.05, 3.63) is 38.8 Å². The number of hydrogen-bond acceptors (Lipinski definition) is 4. The van der Waals surface area contributed by atoms with Gasteiger partial charge in [0.15, 0.2) is 5.82 Å². The minimum absolute atomic E-state index is 0.492. The summed E-state index contributed by atoms with van der Waals surface area (Å²) in [7, 11) is 1.64. The monoisotopic (exact) mass is 368 g/mol. The summed E-state index contributed by atoms with van der Waals surface area (Å²) in [5, 5.41) is 11.4. The number of aryl methyl sites for hydroxylation is 1. The van der Waals surface area contributed by atoms with E-state index in [-0.39, 0.29) is 0 Å². The lowest BCUT2D eigenvalue weighted by atomic mass is 10.2. The normalized spacial score (nSPS) is 11.2. The van der Waals surface area contributed by atoms with Crippen LogP contribution in [-0.4, -0.2) is 28.2 Å². The molecule has 0 radical (unpaired) electrons. The number of methoxy groups -OCH3 is 1. The van der Waals surface area contributed by atoms with Crippen LogP contribution in [0, 0.1) is 4.77 Å². The van der Waals surface area contributed by atoms with Gasteiger partial charge in [0.1, 0.15) is 5.75 Å². The van der Waals surface area contributed by atoms with Crippen LogP contribution in [0.2, 0.25) is 0 Å². The number of nitrogens with one attached hydrogen (secondary N) is 1. The molecule has 2 rings (SSSR count). The second kappa shape index (κ2) is 7.51. The Hall–Kier alpha value is -1.47. The standard InChI is InChI=1S/C14H17BrN4OS/c1-3-4-5-13-17-18-14(21)19(13)16-9-10-8-11(15)6-7-12(10)20-2/h6-9H,3-5H2,1-2H3,(H,18,21)/b16-9-. The van der Waals surface area contributed by atoms with Crippen LogP contribution < -0.4 is 4.74 Å². The van der Waals surface area contributed by atoms with Crippen LogP contribution in [0.3, 0.4) is 0 Å². The second-order valence-corrected chi connectivity index (χ2v) is 5.79. The molecule has 1 aromatic carbocycles. The largest absolute Gasteiger partial charge is 0.496 e. The van der Waals surface area contributed by atoms with Crippen LogP contribution in [0.5, 0.6) is 5.75 Å². The molecule has 0 amide bonds. The zero-order chi connectivity index (χ0) is 15.2. The van der Waals surface area contributed by atoms with E-state index >= 15 is 0 Å². The number of aromatic nitrogens is 3. The predicted molar refractivity (Wildman–Crippen MR) is 89.7 cm³/mol. The summed E-state index contributed by atoms with van der Waals surface area (Å²) in [5.74, 6) is 1.60. The maximum atomic E-state index is 5.32. The summed E-state index contributed by atoms with van der Waals surface area (Å²) in [6, 6.07) is 5.75. The van der Waals surface area contributed by atoms with Crippen molar-refractivity contribution < 1.29 is 4.74 Å². The fourth-order valence-electron chi connectivity index (χ4n) is 1.87. The second-order valence-electron chi connectivity index (χ2n) is 4.49. The van der Waals surface area contributed by atoms with Gasteiger partial charge >= 0.3 is 0 Å². The third kappa shape index (κ3) is 4.01. The van der Waals surface area contributed by atoms with E-state index in [1.165, 1.54) is 0 Å². The van der Waals surface area contributed by atoms with Gasteiger partial charge in [-0.1, -0.05) is 29.3 Å². The Bertz CT molecular complexity index is 693. The Morgan fingerprint density at radius 3 is 3.05 bits per heavy atom. The number of benzene rings is 1. The van der Waals surface area contributed by atoms with Gasteiger partial charge in [-0.05, 0) is 36.8 Å². The van der Waals surface area contributed by atoms with Crippen molar-refractivity contribution in [1.82, 2.24) is 14.9 Å². The van der Waals surface area contributed by atoms with Crippen LogP contribution >= 0.6 is 28.1 Å². The number of halogens is 1.